The van der Waals surface area contributed by atoms with E-state index < -0.39 is 23.8 Å². The minimum Gasteiger partial charge on any atom is -0.464 e. The highest BCUT2D eigenvalue weighted by atomic mass is 19.4. The Bertz CT molecular complexity index is 1020. The number of ether oxygens (including phenoxy) is 1. The molecule has 2 aromatic heterocycles. The number of alkyl halides is 3. The third-order valence-corrected chi connectivity index (χ3v) is 4.47. The van der Waals surface area contributed by atoms with Gasteiger partial charge in [0.25, 0.3) is 5.91 Å². The first-order valence-electron chi connectivity index (χ1n) is 9.06. The number of benzene rings is 1. The number of nitrogens with one attached hydrogen (secondary N) is 1. The second-order valence-electron chi connectivity index (χ2n) is 6.70. The fourth-order valence-electron chi connectivity index (χ4n) is 3.06. The minimum absolute atomic E-state index is 0.0454. The number of aromatic nitrogens is 3. The number of amides is 1. The summed E-state index contributed by atoms with van der Waals surface area (Å²) < 4.78 is 47.2. The number of aryl methyl sites for hydroxylation is 2. The van der Waals surface area contributed by atoms with Crippen molar-refractivity contribution in [2.45, 2.75) is 32.5 Å². The fraction of sp³-hybridized carbons (Fsp3) is 0.350. The molecule has 1 N–H and O–H groups in total. The van der Waals surface area contributed by atoms with Crippen molar-refractivity contribution in [2.24, 2.45) is 7.05 Å². The van der Waals surface area contributed by atoms with Crippen molar-refractivity contribution in [1.82, 2.24) is 20.1 Å². The number of fused-ring (bicyclic) bond motifs is 1. The Morgan fingerprint density at radius 3 is 2.62 bits per heavy atom. The summed E-state index contributed by atoms with van der Waals surface area (Å²) in [5, 5.41) is 6.65. The predicted octanol–water partition coefficient (Wildman–Crippen LogP) is 3.42. The lowest BCUT2D eigenvalue weighted by molar-refractivity contribution is -0.136. The van der Waals surface area contributed by atoms with Crippen molar-refractivity contribution in [2.75, 3.05) is 6.54 Å². The second kappa shape index (κ2) is 8.10. The lowest BCUT2D eigenvalue weighted by Gasteiger charge is -2.16. The Hall–Kier alpha value is -3.10. The summed E-state index contributed by atoms with van der Waals surface area (Å²) in [5.74, 6) is -0.712. The van der Waals surface area contributed by atoms with E-state index in [1.165, 1.54) is 25.6 Å². The third kappa shape index (κ3) is 4.67. The Balaban J connectivity index is 1.73. The van der Waals surface area contributed by atoms with Gasteiger partial charge in [0.05, 0.1) is 16.6 Å². The standard InChI is InChI=1S/C20H21F3N4O2/c1-12-17-15(20(21,22)23)11-16(25-18(17)27(3)26-12)29-13(2)19(28)24-10-9-14-7-5-4-6-8-14/h4-8,11,13H,9-10H2,1-3H3,(H,24,28)/t13-/m1/s1. The predicted molar refractivity (Wildman–Crippen MR) is 101 cm³/mol. The van der Waals surface area contributed by atoms with Gasteiger partial charge in [-0.2, -0.15) is 23.3 Å². The van der Waals surface area contributed by atoms with Crippen LogP contribution < -0.4 is 10.1 Å². The molecule has 29 heavy (non-hydrogen) atoms. The topological polar surface area (TPSA) is 69.0 Å². The van der Waals surface area contributed by atoms with Crippen molar-refractivity contribution in [3.05, 3.63) is 53.2 Å². The first-order chi connectivity index (χ1) is 13.7. The molecule has 0 aliphatic carbocycles. The molecule has 0 fully saturated rings. The average molecular weight is 406 g/mol. The average Bonchev–Trinajstić information content (AvgIpc) is 2.95. The summed E-state index contributed by atoms with van der Waals surface area (Å²) in [6, 6.07) is 10.4. The Morgan fingerprint density at radius 1 is 1.28 bits per heavy atom. The lowest BCUT2D eigenvalue weighted by atomic mass is 10.1. The van der Waals surface area contributed by atoms with Gasteiger partial charge >= 0.3 is 6.18 Å². The Labute approximate surface area is 165 Å². The van der Waals surface area contributed by atoms with E-state index in [2.05, 4.69) is 15.4 Å². The molecular weight excluding hydrogens is 385 g/mol. The first-order valence-corrected chi connectivity index (χ1v) is 9.06. The van der Waals surface area contributed by atoms with Crippen molar-refractivity contribution in [3.63, 3.8) is 0 Å². The maximum absolute atomic E-state index is 13.5. The number of pyridine rings is 1. The van der Waals surface area contributed by atoms with E-state index in [9.17, 15) is 18.0 Å². The van der Waals surface area contributed by atoms with Crippen LogP contribution in [0.25, 0.3) is 11.0 Å². The van der Waals surface area contributed by atoms with Crippen molar-refractivity contribution in [1.29, 1.82) is 0 Å². The van der Waals surface area contributed by atoms with Gasteiger partial charge in [0.15, 0.2) is 11.8 Å². The van der Waals surface area contributed by atoms with Crippen LogP contribution in [0.3, 0.4) is 0 Å². The number of nitrogens with zero attached hydrogens (tertiary/aromatic N) is 3. The normalized spacial score (nSPS) is 12.8. The second-order valence-corrected chi connectivity index (χ2v) is 6.70. The molecule has 0 aliphatic heterocycles. The zero-order valence-corrected chi connectivity index (χ0v) is 16.2. The molecule has 154 valence electrons. The van der Waals surface area contributed by atoms with Crippen LogP contribution in [0.5, 0.6) is 5.88 Å². The zero-order valence-electron chi connectivity index (χ0n) is 16.2. The Morgan fingerprint density at radius 2 is 1.97 bits per heavy atom. The maximum atomic E-state index is 13.5. The van der Waals surface area contributed by atoms with Crippen LogP contribution >= 0.6 is 0 Å². The van der Waals surface area contributed by atoms with E-state index in [1.54, 1.807) is 0 Å². The summed E-state index contributed by atoms with van der Waals surface area (Å²) in [5.41, 5.74) is 0.444. The molecular formula is C20H21F3N4O2. The third-order valence-electron chi connectivity index (χ3n) is 4.47. The summed E-state index contributed by atoms with van der Waals surface area (Å²) >= 11 is 0. The van der Waals surface area contributed by atoms with Gasteiger partial charge in [-0.05, 0) is 25.8 Å². The molecule has 0 unspecified atom stereocenters. The molecule has 1 aromatic carbocycles. The van der Waals surface area contributed by atoms with E-state index in [0.29, 0.717) is 13.0 Å². The molecule has 3 rings (SSSR count). The molecule has 1 atom stereocenters. The summed E-state index contributed by atoms with van der Waals surface area (Å²) in [6.45, 7) is 3.34. The number of halogens is 3. The summed E-state index contributed by atoms with van der Waals surface area (Å²) in [7, 11) is 1.51. The van der Waals surface area contributed by atoms with E-state index in [-0.39, 0.29) is 22.6 Å². The summed E-state index contributed by atoms with van der Waals surface area (Å²) in [6.07, 6.45) is -4.98. The highest BCUT2D eigenvalue weighted by Gasteiger charge is 2.36. The molecule has 3 aromatic rings. The number of hydrogen-bond acceptors (Lipinski definition) is 4. The molecule has 0 saturated carbocycles. The molecule has 0 radical (unpaired) electrons. The monoisotopic (exact) mass is 406 g/mol. The first kappa shape index (κ1) is 20.6. The van der Waals surface area contributed by atoms with Crippen LogP contribution in [-0.2, 0) is 24.4 Å². The van der Waals surface area contributed by atoms with Crippen LogP contribution in [0, 0.1) is 6.92 Å². The van der Waals surface area contributed by atoms with Crippen molar-refractivity contribution in [3.8, 4) is 5.88 Å². The van der Waals surface area contributed by atoms with Crippen LogP contribution in [0.2, 0.25) is 0 Å². The van der Waals surface area contributed by atoms with Gasteiger partial charge in [0.1, 0.15) is 0 Å². The van der Waals surface area contributed by atoms with Crippen LogP contribution in [0.4, 0.5) is 13.2 Å². The SMILES string of the molecule is Cc1nn(C)c2nc(O[C@H](C)C(=O)NCCc3ccccc3)cc(C(F)(F)F)c12. The lowest BCUT2D eigenvalue weighted by Crippen LogP contribution is -2.37. The molecule has 6 nitrogen and oxygen atoms in total. The minimum atomic E-state index is -4.60. The van der Waals surface area contributed by atoms with Crippen molar-refractivity contribution >= 4 is 16.9 Å². The van der Waals surface area contributed by atoms with Gasteiger partial charge < -0.3 is 10.1 Å². The summed E-state index contributed by atoms with van der Waals surface area (Å²) in [4.78, 5) is 16.4. The number of rotatable bonds is 6. The maximum Gasteiger partial charge on any atom is 0.417 e. The molecule has 0 spiro atoms. The smallest absolute Gasteiger partial charge is 0.417 e. The quantitative estimate of drug-likeness (QED) is 0.681. The van der Waals surface area contributed by atoms with E-state index in [1.807, 2.05) is 30.3 Å². The molecule has 1 amide bonds. The number of carbonyl (C=O) groups excluding carboxylic acids is 1. The molecule has 0 saturated heterocycles. The molecule has 2 heterocycles. The van der Waals surface area contributed by atoms with E-state index in [4.69, 9.17) is 4.74 Å². The van der Waals surface area contributed by atoms with E-state index in [0.717, 1.165) is 11.6 Å². The zero-order chi connectivity index (χ0) is 21.2. The van der Waals surface area contributed by atoms with Gasteiger partial charge in [-0.15, -0.1) is 0 Å². The van der Waals surface area contributed by atoms with Crippen LogP contribution in [0.15, 0.2) is 36.4 Å². The highest BCUT2D eigenvalue weighted by molar-refractivity contribution is 5.84. The number of carbonyl (C=O) groups is 1. The number of hydrogen-bond donors (Lipinski definition) is 1. The molecule has 0 bridgehead atoms. The fourth-order valence-corrected chi connectivity index (χ4v) is 3.06. The van der Waals surface area contributed by atoms with Gasteiger partial charge in [0.2, 0.25) is 5.88 Å². The van der Waals surface area contributed by atoms with Gasteiger partial charge in [-0.3, -0.25) is 9.48 Å². The largest absolute Gasteiger partial charge is 0.464 e. The van der Waals surface area contributed by atoms with Crippen molar-refractivity contribution < 1.29 is 22.7 Å². The van der Waals surface area contributed by atoms with Gasteiger partial charge in [-0.1, -0.05) is 30.3 Å². The van der Waals surface area contributed by atoms with Gasteiger partial charge in [-0.25, -0.2) is 0 Å². The molecule has 9 heteroatoms. The molecule has 0 aliphatic rings. The van der Waals surface area contributed by atoms with Crippen LogP contribution in [-0.4, -0.2) is 33.3 Å². The van der Waals surface area contributed by atoms with Gasteiger partial charge in [0, 0.05) is 19.7 Å². The highest BCUT2D eigenvalue weighted by Crippen LogP contribution is 2.37. The Kier molecular flexibility index (Phi) is 5.76. The van der Waals surface area contributed by atoms with Crippen LogP contribution in [0.1, 0.15) is 23.7 Å². The van der Waals surface area contributed by atoms with E-state index >= 15 is 0 Å².